The van der Waals surface area contributed by atoms with Crippen molar-refractivity contribution < 1.29 is 13.2 Å². The van der Waals surface area contributed by atoms with Crippen molar-refractivity contribution in [3.8, 4) is 0 Å². The molecule has 1 heterocycles. The van der Waals surface area contributed by atoms with E-state index in [2.05, 4.69) is 9.97 Å². The van der Waals surface area contributed by atoms with E-state index in [-0.39, 0.29) is 11.6 Å². The van der Waals surface area contributed by atoms with E-state index in [1.54, 1.807) is 0 Å². The number of nitrogens with zero attached hydrogens (tertiary/aromatic N) is 2. The summed E-state index contributed by atoms with van der Waals surface area (Å²) in [5.41, 5.74) is 4.10. The maximum absolute atomic E-state index is 12.0. The molecule has 1 aromatic rings. The fourth-order valence-electron chi connectivity index (χ4n) is 0.736. The fourth-order valence-corrected chi connectivity index (χ4v) is 0.736. The molecule has 0 atom stereocenters. The van der Waals surface area contributed by atoms with Crippen LogP contribution in [-0.2, 0) is 6.18 Å². The highest BCUT2D eigenvalue weighted by molar-refractivity contribution is 5.30. The van der Waals surface area contributed by atoms with Crippen LogP contribution in [0.25, 0.3) is 0 Å². The molecule has 0 bridgehead atoms. The van der Waals surface area contributed by atoms with Gasteiger partial charge in [0.25, 0.3) is 0 Å². The van der Waals surface area contributed by atoms with E-state index in [4.69, 9.17) is 5.73 Å². The Balaban J connectivity index is 0.000000791. The molecule has 14 heavy (non-hydrogen) atoms. The zero-order valence-electron chi connectivity index (χ0n) is 8.18. The summed E-state index contributed by atoms with van der Waals surface area (Å²) in [6.45, 7) is 5.35. The lowest BCUT2D eigenvalue weighted by Crippen LogP contribution is -2.10. The predicted molar refractivity (Wildman–Crippen MR) is 47.5 cm³/mol. The molecule has 0 spiro atoms. The van der Waals surface area contributed by atoms with Crippen LogP contribution in [0.2, 0.25) is 0 Å². The Kier molecular flexibility index (Phi) is 4.33. The Morgan fingerprint density at radius 2 is 1.71 bits per heavy atom. The van der Waals surface area contributed by atoms with Gasteiger partial charge in [-0.1, -0.05) is 13.8 Å². The quantitative estimate of drug-likeness (QED) is 0.710. The molecule has 0 saturated heterocycles. The molecule has 0 saturated carbocycles. The molecule has 1 aromatic heterocycles. The SMILES string of the molecule is CC.Cc1nc(N)cc(C(F)(F)F)n1. The number of nitrogens with two attached hydrogens (primary N) is 1. The van der Waals surface area contributed by atoms with Crippen LogP contribution in [-0.4, -0.2) is 9.97 Å². The van der Waals surface area contributed by atoms with Crippen LogP contribution in [0.5, 0.6) is 0 Å². The molecular formula is C8H12F3N3. The number of halogens is 3. The molecule has 0 aliphatic rings. The highest BCUT2D eigenvalue weighted by Crippen LogP contribution is 2.27. The standard InChI is InChI=1S/C6H6F3N3.C2H6/c1-3-11-4(6(7,8)9)2-5(10)12-3;1-2/h2H,1H3,(H2,10,11,12);1-2H3. The Labute approximate surface area is 80.2 Å². The van der Waals surface area contributed by atoms with Crippen molar-refractivity contribution >= 4 is 5.82 Å². The van der Waals surface area contributed by atoms with Gasteiger partial charge in [0.15, 0.2) is 0 Å². The van der Waals surface area contributed by atoms with Crippen LogP contribution in [0.4, 0.5) is 19.0 Å². The zero-order chi connectivity index (χ0) is 11.4. The second-order valence-corrected chi connectivity index (χ2v) is 2.22. The van der Waals surface area contributed by atoms with Gasteiger partial charge in [-0.25, -0.2) is 9.97 Å². The maximum atomic E-state index is 12.0. The number of aromatic nitrogens is 2. The van der Waals surface area contributed by atoms with Crippen LogP contribution in [0.1, 0.15) is 25.4 Å². The summed E-state index contributed by atoms with van der Waals surface area (Å²) in [4.78, 5) is 6.70. The first-order valence-electron chi connectivity index (χ1n) is 4.08. The average Bonchev–Trinajstić information content (AvgIpc) is 2.04. The molecule has 0 aromatic carbocycles. The van der Waals surface area contributed by atoms with Crippen molar-refractivity contribution in [3.63, 3.8) is 0 Å². The van der Waals surface area contributed by atoms with E-state index in [1.165, 1.54) is 6.92 Å². The van der Waals surface area contributed by atoms with Crippen molar-refractivity contribution in [3.05, 3.63) is 17.6 Å². The lowest BCUT2D eigenvalue weighted by molar-refractivity contribution is -0.141. The second-order valence-electron chi connectivity index (χ2n) is 2.22. The minimum Gasteiger partial charge on any atom is -0.384 e. The first kappa shape index (κ1) is 12.7. The van der Waals surface area contributed by atoms with E-state index < -0.39 is 11.9 Å². The van der Waals surface area contributed by atoms with Crippen LogP contribution in [0, 0.1) is 6.92 Å². The normalized spacial score (nSPS) is 10.4. The number of aryl methyl sites for hydroxylation is 1. The van der Waals surface area contributed by atoms with E-state index in [0.717, 1.165) is 0 Å². The molecule has 80 valence electrons. The van der Waals surface area contributed by atoms with E-state index in [1.807, 2.05) is 13.8 Å². The monoisotopic (exact) mass is 207 g/mol. The summed E-state index contributed by atoms with van der Waals surface area (Å²) in [6, 6.07) is 0.701. The molecule has 0 aliphatic carbocycles. The molecule has 6 heteroatoms. The third-order valence-corrected chi connectivity index (χ3v) is 1.15. The molecule has 0 unspecified atom stereocenters. The summed E-state index contributed by atoms with van der Waals surface area (Å²) in [5.74, 6) is -0.155. The zero-order valence-corrected chi connectivity index (χ0v) is 8.18. The highest BCUT2D eigenvalue weighted by Gasteiger charge is 2.33. The van der Waals surface area contributed by atoms with Crippen molar-refractivity contribution in [1.29, 1.82) is 0 Å². The van der Waals surface area contributed by atoms with Gasteiger partial charge in [-0.3, -0.25) is 0 Å². The van der Waals surface area contributed by atoms with Crippen LogP contribution >= 0.6 is 0 Å². The molecule has 2 N–H and O–H groups in total. The van der Waals surface area contributed by atoms with Gasteiger partial charge in [0.2, 0.25) is 0 Å². The van der Waals surface area contributed by atoms with Gasteiger partial charge < -0.3 is 5.73 Å². The third-order valence-electron chi connectivity index (χ3n) is 1.15. The summed E-state index contributed by atoms with van der Waals surface area (Å²) in [7, 11) is 0. The number of anilines is 1. The Hall–Kier alpha value is -1.33. The van der Waals surface area contributed by atoms with Gasteiger partial charge in [0.05, 0.1) is 0 Å². The molecule has 3 nitrogen and oxygen atoms in total. The topological polar surface area (TPSA) is 51.8 Å². The average molecular weight is 207 g/mol. The van der Waals surface area contributed by atoms with Gasteiger partial charge in [-0.05, 0) is 6.92 Å². The minimum atomic E-state index is -4.46. The first-order chi connectivity index (χ1) is 6.39. The minimum absolute atomic E-state index is 0.0160. The van der Waals surface area contributed by atoms with Crippen LogP contribution in [0.15, 0.2) is 6.07 Å². The van der Waals surface area contributed by atoms with Gasteiger partial charge in [-0.2, -0.15) is 13.2 Å². The van der Waals surface area contributed by atoms with E-state index >= 15 is 0 Å². The maximum Gasteiger partial charge on any atom is 0.433 e. The van der Waals surface area contributed by atoms with E-state index in [9.17, 15) is 13.2 Å². The second kappa shape index (κ2) is 4.78. The molecule has 1 rings (SSSR count). The molecular weight excluding hydrogens is 195 g/mol. The van der Waals surface area contributed by atoms with Crippen LogP contribution in [0.3, 0.4) is 0 Å². The molecule has 0 amide bonds. The lowest BCUT2D eigenvalue weighted by Gasteiger charge is -2.05. The smallest absolute Gasteiger partial charge is 0.384 e. The molecule has 0 radical (unpaired) electrons. The summed E-state index contributed by atoms with van der Waals surface area (Å²) >= 11 is 0. The van der Waals surface area contributed by atoms with Crippen molar-refractivity contribution in [2.45, 2.75) is 26.9 Å². The number of rotatable bonds is 0. The first-order valence-corrected chi connectivity index (χ1v) is 4.08. The molecule has 0 aliphatic heterocycles. The fraction of sp³-hybridized carbons (Fsp3) is 0.500. The van der Waals surface area contributed by atoms with Crippen molar-refractivity contribution in [2.75, 3.05) is 5.73 Å². The number of nitrogen functional groups attached to an aromatic ring is 1. The van der Waals surface area contributed by atoms with Gasteiger partial charge in [-0.15, -0.1) is 0 Å². The van der Waals surface area contributed by atoms with Gasteiger partial charge in [0, 0.05) is 6.07 Å². The van der Waals surface area contributed by atoms with Crippen molar-refractivity contribution in [2.24, 2.45) is 0 Å². The largest absolute Gasteiger partial charge is 0.433 e. The number of alkyl halides is 3. The summed E-state index contributed by atoms with van der Waals surface area (Å²) in [6.07, 6.45) is -4.46. The number of hydrogen-bond donors (Lipinski definition) is 1. The van der Waals surface area contributed by atoms with Crippen molar-refractivity contribution in [1.82, 2.24) is 9.97 Å². The highest BCUT2D eigenvalue weighted by atomic mass is 19.4. The van der Waals surface area contributed by atoms with Gasteiger partial charge >= 0.3 is 6.18 Å². The lowest BCUT2D eigenvalue weighted by atomic mass is 10.4. The third kappa shape index (κ3) is 3.59. The summed E-state index contributed by atoms with van der Waals surface area (Å²) in [5, 5.41) is 0. The van der Waals surface area contributed by atoms with E-state index in [0.29, 0.717) is 6.07 Å². The Morgan fingerprint density at radius 1 is 1.21 bits per heavy atom. The van der Waals surface area contributed by atoms with Gasteiger partial charge in [0.1, 0.15) is 17.3 Å². The van der Waals surface area contributed by atoms with Crippen LogP contribution < -0.4 is 5.73 Å². The Bertz CT molecular complexity index is 276. The number of hydrogen-bond acceptors (Lipinski definition) is 3. The summed E-state index contributed by atoms with van der Waals surface area (Å²) < 4.78 is 36.0. The predicted octanol–water partition coefficient (Wildman–Crippen LogP) is 2.41. The Morgan fingerprint density at radius 3 is 2.07 bits per heavy atom. The molecule has 0 fully saturated rings.